The molecule has 0 amide bonds. The molecule has 2 aromatic rings. The summed E-state index contributed by atoms with van der Waals surface area (Å²) in [4.78, 5) is 0.331. The van der Waals surface area contributed by atoms with E-state index in [1.807, 2.05) is 42.5 Å². The predicted molar refractivity (Wildman–Crippen MR) is 97.4 cm³/mol. The molecule has 128 valence electrons. The highest BCUT2D eigenvalue weighted by Gasteiger charge is 2.42. The summed E-state index contributed by atoms with van der Waals surface area (Å²) in [6.07, 6.45) is 2.73. The molecule has 0 unspecified atom stereocenters. The zero-order valence-electron chi connectivity index (χ0n) is 14.5. The van der Waals surface area contributed by atoms with Crippen LogP contribution in [0.15, 0.2) is 59.5 Å². The Balaban J connectivity index is 1.88. The maximum Gasteiger partial charge on any atom is 0.241 e. The molecule has 3 rings (SSSR count). The van der Waals surface area contributed by atoms with Crippen LogP contribution >= 0.6 is 0 Å². The average Bonchev–Trinajstić information content (AvgIpc) is 2.51. The van der Waals surface area contributed by atoms with Crippen molar-refractivity contribution in [1.29, 1.82) is 0 Å². The van der Waals surface area contributed by atoms with Gasteiger partial charge in [-0.3, -0.25) is 0 Å². The highest BCUT2D eigenvalue weighted by molar-refractivity contribution is 7.89. The SMILES string of the molecule is CC(C)(C)c1ccc(S(=O)(=O)NC2(c3ccccc3)CCC2)cc1. The minimum Gasteiger partial charge on any atom is -0.207 e. The fourth-order valence-electron chi connectivity index (χ4n) is 3.19. The molecule has 0 heterocycles. The van der Waals surface area contributed by atoms with Crippen LogP contribution in [0.1, 0.15) is 51.2 Å². The van der Waals surface area contributed by atoms with Crippen molar-refractivity contribution in [1.82, 2.24) is 4.72 Å². The lowest BCUT2D eigenvalue weighted by Crippen LogP contribution is -2.50. The molecule has 1 aliphatic carbocycles. The lowest BCUT2D eigenvalue weighted by molar-refractivity contribution is 0.224. The highest BCUT2D eigenvalue weighted by Crippen LogP contribution is 2.42. The Morgan fingerprint density at radius 3 is 1.96 bits per heavy atom. The summed E-state index contributed by atoms with van der Waals surface area (Å²) < 4.78 is 28.7. The van der Waals surface area contributed by atoms with Gasteiger partial charge in [0.1, 0.15) is 0 Å². The minimum absolute atomic E-state index is 0.00888. The Hall–Kier alpha value is -1.65. The zero-order valence-corrected chi connectivity index (χ0v) is 15.4. The molecule has 0 aromatic heterocycles. The van der Waals surface area contributed by atoms with Gasteiger partial charge in [-0.15, -0.1) is 0 Å². The average molecular weight is 343 g/mol. The molecular weight excluding hydrogens is 318 g/mol. The van der Waals surface area contributed by atoms with E-state index < -0.39 is 15.6 Å². The second kappa shape index (κ2) is 6.01. The molecule has 1 N–H and O–H groups in total. The van der Waals surface area contributed by atoms with Gasteiger partial charge < -0.3 is 0 Å². The van der Waals surface area contributed by atoms with Crippen LogP contribution in [0.2, 0.25) is 0 Å². The van der Waals surface area contributed by atoms with Crippen molar-refractivity contribution in [2.75, 3.05) is 0 Å². The molecule has 0 bridgehead atoms. The molecule has 4 heteroatoms. The van der Waals surface area contributed by atoms with Crippen molar-refractivity contribution in [2.24, 2.45) is 0 Å². The van der Waals surface area contributed by atoms with Gasteiger partial charge >= 0.3 is 0 Å². The molecule has 0 aliphatic heterocycles. The van der Waals surface area contributed by atoms with E-state index in [4.69, 9.17) is 0 Å². The van der Waals surface area contributed by atoms with Gasteiger partial charge in [-0.05, 0) is 47.9 Å². The lowest BCUT2D eigenvalue weighted by Gasteiger charge is -2.42. The van der Waals surface area contributed by atoms with E-state index in [1.165, 1.54) is 0 Å². The lowest BCUT2D eigenvalue weighted by atomic mass is 9.73. The molecule has 24 heavy (non-hydrogen) atoms. The van der Waals surface area contributed by atoms with Gasteiger partial charge in [0.2, 0.25) is 10.0 Å². The van der Waals surface area contributed by atoms with Crippen LogP contribution < -0.4 is 4.72 Å². The monoisotopic (exact) mass is 343 g/mol. The van der Waals surface area contributed by atoms with Gasteiger partial charge in [-0.2, -0.15) is 0 Å². The van der Waals surface area contributed by atoms with Gasteiger partial charge in [-0.25, -0.2) is 13.1 Å². The fraction of sp³-hybridized carbons (Fsp3) is 0.400. The van der Waals surface area contributed by atoms with Crippen molar-refractivity contribution in [3.63, 3.8) is 0 Å². The van der Waals surface area contributed by atoms with Gasteiger partial charge in [0, 0.05) is 0 Å². The molecule has 1 fully saturated rings. The first-order chi connectivity index (χ1) is 11.2. The molecule has 0 spiro atoms. The number of hydrogen-bond donors (Lipinski definition) is 1. The van der Waals surface area contributed by atoms with E-state index >= 15 is 0 Å². The number of hydrogen-bond acceptors (Lipinski definition) is 2. The Morgan fingerprint density at radius 2 is 1.50 bits per heavy atom. The van der Waals surface area contributed by atoms with Crippen molar-refractivity contribution in [2.45, 2.75) is 55.9 Å². The van der Waals surface area contributed by atoms with Crippen LogP contribution in [0.4, 0.5) is 0 Å². The van der Waals surface area contributed by atoms with Crippen molar-refractivity contribution in [3.8, 4) is 0 Å². The standard InChI is InChI=1S/C20H25NO2S/c1-19(2,3)16-10-12-18(13-11-16)24(22,23)21-20(14-7-15-20)17-8-5-4-6-9-17/h4-6,8-13,21H,7,14-15H2,1-3H3. The van der Waals surface area contributed by atoms with E-state index in [2.05, 4.69) is 25.5 Å². The van der Waals surface area contributed by atoms with Crippen LogP contribution in [0.3, 0.4) is 0 Å². The van der Waals surface area contributed by atoms with Gasteiger partial charge in [0.15, 0.2) is 0 Å². The Bertz CT molecular complexity index is 799. The molecule has 0 saturated heterocycles. The van der Waals surface area contributed by atoms with Crippen LogP contribution in [-0.2, 0) is 21.0 Å². The van der Waals surface area contributed by atoms with E-state index in [9.17, 15) is 8.42 Å². The summed E-state index contributed by atoms with van der Waals surface area (Å²) in [7, 11) is -3.54. The number of benzene rings is 2. The Kier molecular flexibility index (Phi) is 4.30. The topological polar surface area (TPSA) is 46.2 Å². The summed E-state index contributed by atoms with van der Waals surface area (Å²) in [6, 6.07) is 17.1. The van der Waals surface area contributed by atoms with E-state index in [1.54, 1.807) is 12.1 Å². The highest BCUT2D eigenvalue weighted by atomic mass is 32.2. The molecule has 0 atom stereocenters. The first-order valence-corrected chi connectivity index (χ1v) is 9.91. The fourth-order valence-corrected chi connectivity index (χ4v) is 4.64. The number of rotatable bonds is 4. The summed E-state index contributed by atoms with van der Waals surface area (Å²) in [5, 5.41) is 0. The summed E-state index contributed by atoms with van der Waals surface area (Å²) >= 11 is 0. The van der Waals surface area contributed by atoms with Crippen LogP contribution in [0.25, 0.3) is 0 Å². The summed E-state index contributed by atoms with van der Waals surface area (Å²) in [5.41, 5.74) is 1.73. The summed E-state index contributed by atoms with van der Waals surface area (Å²) in [6.45, 7) is 6.36. The molecule has 1 aliphatic rings. The predicted octanol–water partition coefficient (Wildman–Crippen LogP) is 4.34. The molecule has 3 nitrogen and oxygen atoms in total. The molecular formula is C20H25NO2S. The largest absolute Gasteiger partial charge is 0.241 e. The third-order valence-electron chi connectivity index (χ3n) is 4.89. The first kappa shape index (κ1) is 17.2. The number of sulfonamides is 1. The van der Waals surface area contributed by atoms with Crippen LogP contribution in [-0.4, -0.2) is 8.42 Å². The zero-order chi connectivity index (χ0) is 17.4. The maximum atomic E-state index is 12.9. The van der Waals surface area contributed by atoms with Crippen molar-refractivity contribution < 1.29 is 8.42 Å². The van der Waals surface area contributed by atoms with E-state index in [0.717, 1.165) is 30.4 Å². The maximum absolute atomic E-state index is 12.9. The van der Waals surface area contributed by atoms with Crippen LogP contribution in [0, 0.1) is 0 Å². The Labute approximate surface area is 145 Å². The van der Waals surface area contributed by atoms with Gasteiger partial charge in [0.05, 0.1) is 10.4 Å². The molecule has 2 aromatic carbocycles. The van der Waals surface area contributed by atoms with E-state index in [0.29, 0.717) is 4.90 Å². The third kappa shape index (κ3) is 3.26. The quantitative estimate of drug-likeness (QED) is 0.897. The van der Waals surface area contributed by atoms with Crippen LogP contribution in [0.5, 0.6) is 0 Å². The minimum atomic E-state index is -3.54. The normalized spacial score (nSPS) is 17.3. The molecule has 0 radical (unpaired) electrons. The second-order valence-electron chi connectivity index (χ2n) is 7.68. The smallest absolute Gasteiger partial charge is 0.207 e. The van der Waals surface area contributed by atoms with Crippen molar-refractivity contribution >= 4 is 10.0 Å². The second-order valence-corrected chi connectivity index (χ2v) is 9.36. The number of nitrogens with one attached hydrogen (secondary N) is 1. The van der Waals surface area contributed by atoms with Gasteiger partial charge in [-0.1, -0.05) is 63.2 Å². The first-order valence-electron chi connectivity index (χ1n) is 8.43. The molecule has 1 saturated carbocycles. The third-order valence-corrected chi connectivity index (χ3v) is 6.45. The van der Waals surface area contributed by atoms with E-state index in [-0.39, 0.29) is 5.41 Å². The summed E-state index contributed by atoms with van der Waals surface area (Å²) in [5.74, 6) is 0. The van der Waals surface area contributed by atoms with Gasteiger partial charge in [0.25, 0.3) is 0 Å². The van der Waals surface area contributed by atoms with Crippen molar-refractivity contribution in [3.05, 3.63) is 65.7 Å². The Morgan fingerprint density at radius 1 is 0.917 bits per heavy atom.